The van der Waals surface area contributed by atoms with Crippen molar-refractivity contribution in [2.75, 3.05) is 14.2 Å². The van der Waals surface area contributed by atoms with Gasteiger partial charge in [0.15, 0.2) is 0 Å². The van der Waals surface area contributed by atoms with Crippen LogP contribution in [0.1, 0.15) is 18.6 Å². The molecule has 0 fully saturated rings. The van der Waals surface area contributed by atoms with Gasteiger partial charge < -0.3 is 14.6 Å². The molecule has 0 amide bonds. The first-order valence-electron chi connectivity index (χ1n) is 9.09. The van der Waals surface area contributed by atoms with E-state index in [9.17, 15) is 5.11 Å². The van der Waals surface area contributed by atoms with E-state index in [0.717, 1.165) is 44.9 Å². The van der Waals surface area contributed by atoms with Crippen LogP contribution in [0, 0.1) is 0 Å². The monoisotopic (exact) mass is 374 g/mol. The van der Waals surface area contributed by atoms with Crippen molar-refractivity contribution < 1.29 is 14.6 Å². The third-order valence-electron chi connectivity index (χ3n) is 4.89. The summed E-state index contributed by atoms with van der Waals surface area (Å²) < 4.78 is 13.1. The van der Waals surface area contributed by atoms with Gasteiger partial charge in [0.1, 0.15) is 17.8 Å². The van der Waals surface area contributed by atoms with Crippen molar-refractivity contribution in [2.45, 2.75) is 13.0 Å². The molecule has 4 rings (SSSR count). The second kappa shape index (κ2) is 7.37. The van der Waals surface area contributed by atoms with Crippen LogP contribution in [0.25, 0.3) is 27.8 Å². The molecule has 1 heterocycles. The Bertz CT molecular complexity index is 1110. The summed E-state index contributed by atoms with van der Waals surface area (Å²) in [5, 5.41) is 9.81. The first-order valence-corrected chi connectivity index (χ1v) is 9.09. The smallest absolute Gasteiger partial charge is 0.130 e. The molecule has 5 heteroatoms. The number of hydrogen-bond donors (Lipinski definition) is 1. The van der Waals surface area contributed by atoms with Gasteiger partial charge in [0.2, 0.25) is 0 Å². The third kappa shape index (κ3) is 3.10. The highest BCUT2D eigenvalue weighted by molar-refractivity contribution is 5.81. The Morgan fingerprint density at radius 1 is 0.929 bits per heavy atom. The van der Waals surface area contributed by atoms with Crippen molar-refractivity contribution >= 4 is 11.0 Å². The maximum Gasteiger partial charge on any atom is 0.130 e. The fourth-order valence-corrected chi connectivity index (χ4v) is 3.44. The molecular formula is C23H22N2O3. The summed E-state index contributed by atoms with van der Waals surface area (Å²) in [6.45, 7) is 1.75. The lowest BCUT2D eigenvalue weighted by molar-refractivity contribution is 0.199. The summed E-state index contributed by atoms with van der Waals surface area (Å²) >= 11 is 0. The quantitative estimate of drug-likeness (QED) is 0.547. The summed E-state index contributed by atoms with van der Waals surface area (Å²) in [5.74, 6) is 1.52. The number of aliphatic hydroxyl groups is 1. The molecule has 0 radical (unpaired) electrons. The second-order valence-electron chi connectivity index (χ2n) is 6.63. The number of imidazole rings is 1. The standard InChI is InChI=1S/C23H22N2O3/c1-15(26)16-10-11-20-19(13-16)24-14-25(20)18-7-4-6-17(12-18)23-21(27-2)8-5-9-22(23)28-3/h4-15,26H,1-3H3/t15-/m1/s1. The Balaban J connectivity index is 1.84. The predicted octanol–water partition coefficient (Wildman–Crippen LogP) is 4.76. The minimum Gasteiger partial charge on any atom is -0.496 e. The number of aliphatic hydroxyl groups excluding tert-OH is 1. The largest absolute Gasteiger partial charge is 0.496 e. The molecular weight excluding hydrogens is 352 g/mol. The van der Waals surface area contributed by atoms with E-state index in [1.165, 1.54) is 0 Å². The molecule has 5 nitrogen and oxygen atoms in total. The zero-order valence-electron chi connectivity index (χ0n) is 16.1. The number of ether oxygens (including phenoxy) is 2. The molecule has 3 aromatic carbocycles. The molecule has 0 aliphatic heterocycles. The van der Waals surface area contributed by atoms with Gasteiger partial charge in [-0.15, -0.1) is 0 Å². The maximum absolute atomic E-state index is 9.81. The first-order chi connectivity index (χ1) is 13.6. The highest BCUT2D eigenvalue weighted by Crippen LogP contribution is 2.39. The van der Waals surface area contributed by atoms with Crippen molar-refractivity contribution in [2.24, 2.45) is 0 Å². The number of hydrogen-bond acceptors (Lipinski definition) is 4. The van der Waals surface area contributed by atoms with Crippen molar-refractivity contribution in [3.8, 4) is 28.3 Å². The number of rotatable bonds is 5. The Morgan fingerprint density at radius 3 is 2.32 bits per heavy atom. The zero-order valence-corrected chi connectivity index (χ0v) is 16.1. The average Bonchev–Trinajstić information content (AvgIpc) is 3.16. The SMILES string of the molecule is COc1cccc(OC)c1-c1cccc(-n2cnc3cc([C@@H](C)O)ccc32)c1. The molecule has 1 N–H and O–H groups in total. The summed E-state index contributed by atoms with van der Waals surface area (Å²) in [6, 6.07) is 19.8. The van der Waals surface area contributed by atoms with Crippen LogP contribution in [0.5, 0.6) is 11.5 Å². The summed E-state index contributed by atoms with van der Waals surface area (Å²) in [7, 11) is 3.32. The van der Waals surface area contributed by atoms with Crippen LogP contribution in [-0.2, 0) is 0 Å². The van der Waals surface area contributed by atoms with E-state index in [1.54, 1.807) is 27.5 Å². The summed E-state index contributed by atoms with van der Waals surface area (Å²) in [4.78, 5) is 4.51. The molecule has 1 aromatic heterocycles. The Hall–Kier alpha value is -3.31. The molecule has 1 atom stereocenters. The fraction of sp³-hybridized carbons (Fsp3) is 0.174. The molecule has 28 heavy (non-hydrogen) atoms. The van der Waals surface area contributed by atoms with Gasteiger partial charge in [0.05, 0.1) is 36.9 Å². The van der Waals surface area contributed by atoms with Crippen molar-refractivity contribution in [3.63, 3.8) is 0 Å². The van der Waals surface area contributed by atoms with Crippen molar-refractivity contribution in [3.05, 3.63) is 72.6 Å². The molecule has 0 saturated heterocycles. The molecule has 0 aliphatic rings. The fourth-order valence-electron chi connectivity index (χ4n) is 3.44. The number of benzene rings is 3. The van der Waals surface area contributed by atoms with Crippen LogP contribution in [0.4, 0.5) is 0 Å². The Kier molecular flexibility index (Phi) is 4.75. The van der Waals surface area contributed by atoms with Crippen molar-refractivity contribution in [1.29, 1.82) is 0 Å². The number of aromatic nitrogens is 2. The maximum atomic E-state index is 9.81. The number of fused-ring (bicyclic) bond motifs is 1. The van der Waals surface area contributed by atoms with Crippen LogP contribution in [0.3, 0.4) is 0 Å². The average molecular weight is 374 g/mol. The van der Waals surface area contributed by atoms with Gasteiger partial charge in [-0.2, -0.15) is 0 Å². The highest BCUT2D eigenvalue weighted by atomic mass is 16.5. The first kappa shape index (κ1) is 18.1. The lowest BCUT2D eigenvalue weighted by Gasteiger charge is -2.14. The van der Waals surface area contributed by atoms with Gasteiger partial charge in [0.25, 0.3) is 0 Å². The lowest BCUT2D eigenvalue weighted by Crippen LogP contribution is -1.96. The molecule has 142 valence electrons. The van der Waals surface area contributed by atoms with Gasteiger partial charge in [-0.05, 0) is 54.4 Å². The van der Waals surface area contributed by atoms with E-state index >= 15 is 0 Å². The highest BCUT2D eigenvalue weighted by Gasteiger charge is 2.14. The summed E-state index contributed by atoms with van der Waals surface area (Å²) in [6.07, 6.45) is 1.28. The van der Waals surface area contributed by atoms with Gasteiger partial charge in [-0.3, -0.25) is 4.57 Å². The van der Waals surface area contributed by atoms with E-state index in [4.69, 9.17) is 9.47 Å². The predicted molar refractivity (Wildman–Crippen MR) is 110 cm³/mol. The number of methoxy groups -OCH3 is 2. The van der Waals surface area contributed by atoms with E-state index in [1.807, 2.05) is 59.2 Å². The molecule has 0 spiro atoms. The van der Waals surface area contributed by atoms with Crippen LogP contribution >= 0.6 is 0 Å². The van der Waals surface area contributed by atoms with Gasteiger partial charge in [0, 0.05) is 5.69 Å². The molecule has 0 bridgehead atoms. The third-order valence-corrected chi connectivity index (χ3v) is 4.89. The molecule has 4 aromatic rings. The zero-order chi connectivity index (χ0) is 19.7. The van der Waals surface area contributed by atoms with E-state index < -0.39 is 6.10 Å². The van der Waals surface area contributed by atoms with Crippen LogP contribution in [0.15, 0.2) is 67.0 Å². The number of nitrogens with zero attached hydrogens (tertiary/aromatic N) is 2. The van der Waals surface area contributed by atoms with E-state index in [0.29, 0.717) is 0 Å². The minimum atomic E-state index is -0.518. The minimum absolute atomic E-state index is 0.518. The van der Waals surface area contributed by atoms with Crippen LogP contribution in [-0.4, -0.2) is 28.9 Å². The van der Waals surface area contributed by atoms with Gasteiger partial charge in [-0.25, -0.2) is 4.98 Å². The van der Waals surface area contributed by atoms with E-state index in [-0.39, 0.29) is 0 Å². The van der Waals surface area contributed by atoms with E-state index in [2.05, 4.69) is 11.1 Å². The second-order valence-corrected chi connectivity index (χ2v) is 6.63. The van der Waals surface area contributed by atoms with Gasteiger partial charge in [-0.1, -0.05) is 24.3 Å². The Labute approximate surface area is 163 Å². The van der Waals surface area contributed by atoms with Crippen LogP contribution < -0.4 is 9.47 Å². The topological polar surface area (TPSA) is 56.5 Å². The molecule has 0 aliphatic carbocycles. The van der Waals surface area contributed by atoms with Crippen LogP contribution in [0.2, 0.25) is 0 Å². The molecule has 0 unspecified atom stereocenters. The molecule has 0 saturated carbocycles. The Morgan fingerprint density at radius 2 is 1.64 bits per heavy atom. The lowest BCUT2D eigenvalue weighted by atomic mass is 10.0. The van der Waals surface area contributed by atoms with Gasteiger partial charge >= 0.3 is 0 Å². The normalized spacial score (nSPS) is 12.1. The van der Waals surface area contributed by atoms with Crippen molar-refractivity contribution in [1.82, 2.24) is 9.55 Å². The summed E-state index contributed by atoms with van der Waals surface area (Å²) in [5.41, 5.74) is 5.57.